The normalized spacial score (nSPS) is 9.83. The number of nitrogens with zero attached hydrogens (tertiary/aromatic N) is 2. The fourth-order valence-electron chi connectivity index (χ4n) is 1.88. The van der Waals surface area contributed by atoms with Crippen LogP contribution in [0.5, 0.6) is 0 Å². The fourth-order valence-corrected chi connectivity index (χ4v) is 1.88. The van der Waals surface area contributed by atoms with Gasteiger partial charge < -0.3 is 20.5 Å². The summed E-state index contributed by atoms with van der Waals surface area (Å²) in [5, 5.41) is 28.9. The predicted octanol–water partition coefficient (Wildman–Crippen LogP) is -0.0896. The van der Waals surface area contributed by atoms with Crippen LogP contribution in [0.3, 0.4) is 0 Å². The third kappa shape index (κ3) is 6.20. The van der Waals surface area contributed by atoms with Gasteiger partial charge in [0.15, 0.2) is 0 Å². The van der Waals surface area contributed by atoms with Crippen LogP contribution in [0.2, 0.25) is 0 Å². The minimum atomic E-state index is -1.24. The molecule has 0 aliphatic carbocycles. The minimum absolute atomic E-state index is 0. The van der Waals surface area contributed by atoms with Crippen LogP contribution in [0.15, 0.2) is 0 Å². The summed E-state index contributed by atoms with van der Waals surface area (Å²) in [4.78, 5) is 37.0. The SMILES string of the molecule is Cc1[nH]c(NC(=O)CN(CC(=O)O)CC(=O)O)c(C#N)c1C.[99Tc]. The number of nitrogens with one attached hydrogen (secondary N) is 2. The zero-order valence-corrected chi connectivity index (χ0v) is 14.4. The molecule has 0 aliphatic heterocycles. The molecule has 0 saturated heterocycles. The third-order valence-corrected chi connectivity index (χ3v) is 2.96. The summed E-state index contributed by atoms with van der Waals surface area (Å²) < 4.78 is 0. The van der Waals surface area contributed by atoms with Crippen molar-refractivity contribution in [2.24, 2.45) is 0 Å². The van der Waals surface area contributed by atoms with Crippen molar-refractivity contribution in [3.05, 3.63) is 16.8 Å². The van der Waals surface area contributed by atoms with E-state index in [9.17, 15) is 14.4 Å². The first kappa shape index (κ1) is 20.8. The van der Waals surface area contributed by atoms with Gasteiger partial charge in [0.2, 0.25) is 5.91 Å². The molecule has 1 aromatic rings. The summed E-state index contributed by atoms with van der Waals surface area (Å²) in [5.74, 6) is -2.87. The van der Waals surface area contributed by atoms with Crippen molar-refractivity contribution >= 4 is 23.7 Å². The second kappa shape index (κ2) is 9.05. The molecule has 1 amide bonds. The van der Waals surface area contributed by atoms with Gasteiger partial charge in [-0.3, -0.25) is 19.3 Å². The molecular formula is C13H16N4O5Tc. The van der Waals surface area contributed by atoms with Gasteiger partial charge in [-0.15, -0.1) is 0 Å². The number of H-pyrrole nitrogens is 1. The maximum Gasteiger partial charge on any atom is 0.317 e. The van der Waals surface area contributed by atoms with Gasteiger partial charge in [-0.1, -0.05) is 0 Å². The van der Waals surface area contributed by atoms with Crippen LogP contribution in [0.25, 0.3) is 0 Å². The number of aromatic nitrogens is 1. The summed E-state index contributed by atoms with van der Waals surface area (Å²) in [7, 11) is 0. The molecule has 0 saturated carbocycles. The molecule has 0 spiro atoms. The Morgan fingerprint density at radius 3 is 2.13 bits per heavy atom. The van der Waals surface area contributed by atoms with Gasteiger partial charge in [-0.25, -0.2) is 0 Å². The molecule has 1 aromatic heterocycles. The zero-order valence-electron chi connectivity index (χ0n) is 12.5. The zero-order chi connectivity index (χ0) is 16.9. The monoisotopic (exact) mass is 407 g/mol. The van der Waals surface area contributed by atoms with Crippen LogP contribution in [0, 0.1) is 25.2 Å². The van der Waals surface area contributed by atoms with Crippen LogP contribution >= 0.6 is 0 Å². The number of hydrogen-bond donors (Lipinski definition) is 4. The van der Waals surface area contributed by atoms with Gasteiger partial charge in [-0.2, -0.15) is 5.26 Å². The molecule has 0 aromatic carbocycles. The summed E-state index contributed by atoms with van der Waals surface area (Å²) in [6.07, 6.45) is 0. The quantitative estimate of drug-likeness (QED) is 0.494. The molecule has 9 nitrogen and oxygen atoms in total. The number of rotatable bonds is 7. The van der Waals surface area contributed by atoms with E-state index < -0.39 is 37.5 Å². The average Bonchev–Trinajstić information content (AvgIpc) is 2.62. The second-order valence-corrected chi connectivity index (χ2v) is 4.72. The molecule has 1 rings (SSSR count). The number of aromatic amines is 1. The van der Waals surface area contributed by atoms with E-state index >= 15 is 0 Å². The van der Waals surface area contributed by atoms with Gasteiger partial charge >= 0.3 is 11.9 Å². The Labute approximate surface area is 145 Å². The molecule has 10 heteroatoms. The molecular weight excluding hydrogens is 391 g/mol. The fraction of sp³-hybridized carbons (Fsp3) is 0.385. The van der Waals surface area contributed by atoms with Gasteiger partial charge in [0.25, 0.3) is 0 Å². The molecule has 125 valence electrons. The van der Waals surface area contributed by atoms with Gasteiger partial charge in [0, 0.05) is 25.8 Å². The number of aliphatic carboxylic acids is 2. The Hall–Kier alpha value is -2.21. The summed E-state index contributed by atoms with van der Waals surface area (Å²) >= 11 is 0. The number of carbonyl (C=O) groups is 3. The molecule has 0 atom stereocenters. The maximum absolute atomic E-state index is 11.9. The Bertz CT molecular complexity index is 634. The number of carboxylic acids is 2. The van der Waals surface area contributed by atoms with E-state index in [2.05, 4.69) is 10.3 Å². The third-order valence-electron chi connectivity index (χ3n) is 2.96. The predicted molar refractivity (Wildman–Crippen MR) is 75.3 cm³/mol. The first-order valence-electron chi connectivity index (χ1n) is 6.29. The van der Waals surface area contributed by atoms with Crippen molar-refractivity contribution in [2.75, 3.05) is 25.0 Å². The largest absolute Gasteiger partial charge is 0.480 e. The summed E-state index contributed by atoms with van der Waals surface area (Å²) in [6, 6.07) is 1.96. The van der Waals surface area contributed by atoms with E-state index in [1.165, 1.54) is 0 Å². The molecule has 23 heavy (non-hydrogen) atoms. The first-order chi connectivity index (χ1) is 10.2. The Morgan fingerprint density at radius 1 is 1.17 bits per heavy atom. The Morgan fingerprint density at radius 2 is 1.70 bits per heavy atom. The molecule has 1 heterocycles. The number of carboxylic acid groups (broad SMARTS) is 2. The molecule has 0 aliphatic rings. The van der Waals surface area contributed by atoms with E-state index in [0.717, 1.165) is 10.6 Å². The van der Waals surface area contributed by atoms with Crippen LogP contribution in [0.1, 0.15) is 16.8 Å². The van der Waals surface area contributed by atoms with Crippen molar-refractivity contribution < 1.29 is 44.7 Å². The second-order valence-electron chi connectivity index (χ2n) is 4.72. The maximum atomic E-state index is 11.9. The van der Waals surface area contributed by atoms with Crippen molar-refractivity contribution in [2.45, 2.75) is 13.8 Å². The number of aryl methyl sites for hydroxylation is 1. The Kier molecular flexibility index (Phi) is 8.18. The minimum Gasteiger partial charge on any atom is -0.480 e. The smallest absolute Gasteiger partial charge is 0.317 e. The standard InChI is InChI=1S/C13H16N4O5.Tc/c1-7-8(2)15-13(9(7)3-14)16-10(18)4-17(5-11(19)20)6-12(21)22;/h15H,4-6H2,1-2H3,(H,16,18)(H,19,20)(H,21,22);/i;1+1. The summed E-state index contributed by atoms with van der Waals surface area (Å²) in [6.45, 7) is 1.90. The van der Waals surface area contributed by atoms with Crippen LogP contribution in [0.4, 0.5) is 5.82 Å². The number of hydrogen-bond acceptors (Lipinski definition) is 5. The van der Waals surface area contributed by atoms with Gasteiger partial charge in [0.05, 0.1) is 25.2 Å². The number of amides is 1. The Balaban J connectivity index is 0.00000484. The van der Waals surface area contributed by atoms with E-state index in [1.54, 1.807) is 13.8 Å². The van der Waals surface area contributed by atoms with Crippen LogP contribution < -0.4 is 5.32 Å². The molecule has 1 radical (unpaired) electrons. The molecule has 0 fully saturated rings. The molecule has 4 N–H and O–H groups in total. The topological polar surface area (TPSA) is 147 Å². The van der Waals surface area contributed by atoms with E-state index in [-0.39, 0.29) is 31.5 Å². The number of anilines is 1. The van der Waals surface area contributed by atoms with Crippen molar-refractivity contribution in [1.82, 2.24) is 9.88 Å². The molecule has 0 bridgehead atoms. The van der Waals surface area contributed by atoms with Crippen molar-refractivity contribution in [3.63, 3.8) is 0 Å². The van der Waals surface area contributed by atoms with Crippen molar-refractivity contribution in [3.8, 4) is 6.07 Å². The molecule has 0 unspecified atom stereocenters. The van der Waals surface area contributed by atoms with Crippen molar-refractivity contribution in [1.29, 1.82) is 5.26 Å². The van der Waals surface area contributed by atoms with Crippen LogP contribution in [-0.2, 0) is 34.5 Å². The van der Waals surface area contributed by atoms with Gasteiger partial charge in [0.1, 0.15) is 11.9 Å². The first-order valence-corrected chi connectivity index (χ1v) is 6.29. The number of nitriles is 1. The number of carbonyl (C=O) groups excluding carboxylic acids is 1. The van der Waals surface area contributed by atoms with Gasteiger partial charge in [-0.05, 0) is 19.4 Å². The van der Waals surface area contributed by atoms with Crippen LogP contribution in [-0.4, -0.2) is 57.6 Å². The van der Waals surface area contributed by atoms with E-state index in [4.69, 9.17) is 15.5 Å². The average molecular weight is 407 g/mol. The van der Waals surface area contributed by atoms with E-state index in [1.807, 2.05) is 6.07 Å². The summed E-state index contributed by atoms with van der Waals surface area (Å²) in [5.41, 5.74) is 1.71. The van der Waals surface area contributed by atoms with E-state index in [0.29, 0.717) is 5.56 Å².